The van der Waals surface area contributed by atoms with Crippen LogP contribution in [-0.4, -0.2) is 23.5 Å². The van der Waals surface area contributed by atoms with Crippen molar-refractivity contribution in [3.05, 3.63) is 29.8 Å². The highest BCUT2D eigenvalue weighted by molar-refractivity contribution is 5.94. The molecule has 0 aliphatic heterocycles. The maximum Gasteiger partial charge on any atom is 0.305 e. The number of hydrogen-bond acceptors (Lipinski definition) is 3. The quantitative estimate of drug-likeness (QED) is 0.828. The van der Waals surface area contributed by atoms with Crippen molar-refractivity contribution in [3.8, 4) is 6.07 Å². The van der Waals surface area contributed by atoms with Gasteiger partial charge in [0.15, 0.2) is 0 Å². The minimum absolute atomic E-state index is 0.108. The van der Waals surface area contributed by atoms with Crippen LogP contribution in [0.1, 0.15) is 38.2 Å². The van der Waals surface area contributed by atoms with Crippen molar-refractivity contribution >= 4 is 17.6 Å². The Kier molecular flexibility index (Phi) is 6.24. The minimum Gasteiger partial charge on any atom is -0.481 e. The highest BCUT2D eigenvalue weighted by atomic mass is 16.4. The number of benzene rings is 1. The Hall–Kier alpha value is -2.35. The van der Waals surface area contributed by atoms with Gasteiger partial charge in [-0.3, -0.25) is 9.59 Å². The number of carbonyl (C=O) groups excluding carboxylic acids is 1. The van der Waals surface area contributed by atoms with Crippen molar-refractivity contribution in [2.24, 2.45) is 0 Å². The summed E-state index contributed by atoms with van der Waals surface area (Å²) in [5.74, 6) is -1.06. The molecule has 0 saturated heterocycles. The maximum absolute atomic E-state index is 12.2. The molecule has 0 bridgehead atoms. The normalized spacial score (nSPS) is 9.80. The molecule has 20 heavy (non-hydrogen) atoms. The van der Waals surface area contributed by atoms with Crippen LogP contribution in [0, 0.1) is 11.3 Å². The lowest BCUT2D eigenvalue weighted by atomic mass is 10.1. The van der Waals surface area contributed by atoms with Crippen LogP contribution in [0.2, 0.25) is 0 Å². The number of carboxylic acids is 1. The van der Waals surface area contributed by atoms with E-state index in [1.54, 1.807) is 24.3 Å². The molecule has 5 nitrogen and oxygen atoms in total. The van der Waals surface area contributed by atoms with Crippen LogP contribution < -0.4 is 4.90 Å². The standard InChI is InChI=1S/C15H18N2O3/c1-2-3-7-14(18)17(9-8-15(19)20)13-6-4-5-12(10-13)11-16/h4-6,10H,2-3,7-9H2,1H3,(H,19,20). The van der Waals surface area contributed by atoms with E-state index < -0.39 is 5.97 Å². The van der Waals surface area contributed by atoms with Crippen molar-refractivity contribution in [3.63, 3.8) is 0 Å². The van der Waals surface area contributed by atoms with E-state index in [-0.39, 0.29) is 18.9 Å². The molecule has 1 aromatic carbocycles. The Morgan fingerprint density at radius 2 is 2.10 bits per heavy atom. The number of anilines is 1. The second kappa shape index (κ2) is 7.95. The molecule has 1 aromatic rings. The third-order valence-corrected chi connectivity index (χ3v) is 2.88. The molecule has 0 aliphatic rings. The molecule has 0 saturated carbocycles. The van der Waals surface area contributed by atoms with Gasteiger partial charge in [-0.05, 0) is 24.6 Å². The Labute approximate surface area is 118 Å². The summed E-state index contributed by atoms with van der Waals surface area (Å²) in [6, 6.07) is 8.67. The molecule has 5 heteroatoms. The van der Waals surface area contributed by atoms with Gasteiger partial charge in [-0.15, -0.1) is 0 Å². The molecular formula is C15H18N2O3. The summed E-state index contributed by atoms with van der Waals surface area (Å²) in [5.41, 5.74) is 1.03. The van der Waals surface area contributed by atoms with Gasteiger partial charge < -0.3 is 10.0 Å². The molecule has 1 N–H and O–H groups in total. The molecule has 0 aliphatic carbocycles. The fraction of sp³-hybridized carbons (Fsp3) is 0.400. The van der Waals surface area contributed by atoms with E-state index in [4.69, 9.17) is 10.4 Å². The van der Waals surface area contributed by atoms with Crippen LogP contribution in [0.15, 0.2) is 24.3 Å². The summed E-state index contributed by atoms with van der Waals surface area (Å²) < 4.78 is 0. The molecule has 1 rings (SSSR count). The molecule has 0 aromatic heterocycles. The monoisotopic (exact) mass is 274 g/mol. The van der Waals surface area contributed by atoms with E-state index in [1.165, 1.54) is 4.90 Å². The number of rotatable bonds is 7. The van der Waals surface area contributed by atoms with Crippen molar-refractivity contribution in [2.45, 2.75) is 32.6 Å². The lowest BCUT2D eigenvalue weighted by Gasteiger charge is -2.22. The van der Waals surface area contributed by atoms with Gasteiger partial charge in [-0.25, -0.2) is 0 Å². The fourth-order valence-corrected chi connectivity index (χ4v) is 1.81. The number of amides is 1. The Bertz CT molecular complexity index is 520. The summed E-state index contributed by atoms with van der Waals surface area (Å²) in [6.07, 6.45) is 1.93. The van der Waals surface area contributed by atoms with Crippen molar-refractivity contribution in [2.75, 3.05) is 11.4 Å². The molecule has 0 unspecified atom stereocenters. The van der Waals surface area contributed by atoms with Gasteiger partial charge in [0.2, 0.25) is 5.91 Å². The van der Waals surface area contributed by atoms with E-state index in [0.29, 0.717) is 17.7 Å². The summed E-state index contributed by atoms with van der Waals surface area (Å²) >= 11 is 0. The minimum atomic E-state index is -0.949. The predicted molar refractivity (Wildman–Crippen MR) is 75.3 cm³/mol. The van der Waals surface area contributed by atoms with Crippen molar-refractivity contribution in [1.29, 1.82) is 5.26 Å². The van der Waals surface area contributed by atoms with Crippen molar-refractivity contribution in [1.82, 2.24) is 0 Å². The fourth-order valence-electron chi connectivity index (χ4n) is 1.81. The average molecular weight is 274 g/mol. The van der Waals surface area contributed by atoms with Crippen LogP contribution in [0.25, 0.3) is 0 Å². The number of hydrogen-bond donors (Lipinski definition) is 1. The molecule has 0 radical (unpaired) electrons. The number of carbonyl (C=O) groups is 2. The van der Waals surface area contributed by atoms with Crippen LogP contribution in [0.3, 0.4) is 0 Å². The first-order valence-corrected chi connectivity index (χ1v) is 6.60. The molecule has 0 fully saturated rings. The molecule has 0 heterocycles. The first kappa shape index (κ1) is 15.7. The maximum atomic E-state index is 12.2. The zero-order valence-corrected chi connectivity index (χ0v) is 11.5. The first-order valence-electron chi connectivity index (χ1n) is 6.60. The van der Waals surface area contributed by atoms with E-state index in [0.717, 1.165) is 12.8 Å². The summed E-state index contributed by atoms with van der Waals surface area (Å²) in [6.45, 7) is 2.11. The first-order chi connectivity index (χ1) is 9.58. The average Bonchev–Trinajstić information content (AvgIpc) is 2.45. The third-order valence-electron chi connectivity index (χ3n) is 2.88. The van der Waals surface area contributed by atoms with Gasteiger partial charge in [0.25, 0.3) is 0 Å². The van der Waals surface area contributed by atoms with E-state index >= 15 is 0 Å². The van der Waals surface area contributed by atoms with Crippen molar-refractivity contribution < 1.29 is 14.7 Å². The lowest BCUT2D eigenvalue weighted by molar-refractivity contribution is -0.136. The second-order valence-electron chi connectivity index (χ2n) is 4.45. The Morgan fingerprint density at radius 3 is 2.70 bits per heavy atom. The molecule has 0 spiro atoms. The number of unbranched alkanes of at least 4 members (excludes halogenated alkanes) is 1. The number of nitrogens with zero attached hydrogens (tertiary/aromatic N) is 2. The lowest BCUT2D eigenvalue weighted by Crippen LogP contribution is -2.32. The third kappa shape index (κ3) is 4.73. The van der Waals surface area contributed by atoms with E-state index in [1.807, 2.05) is 13.0 Å². The zero-order chi connectivity index (χ0) is 15.0. The summed E-state index contributed by atoms with van der Waals surface area (Å²) in [7, 11) is 0. The van der Waals surface area contributed by atoms with Crippen LogP contribution >= 0.6 is 0 Å². The topological polar surface area (TPSA) is 81.4 Å². The van der Waals surface area contributed by atoms with Crippen LogP contribution in [-0.2, 0) is 9.59 Å². The van der Waals surface area contributed by atoms with E-state index in [2.05, 4.69) is 0 Å². The predicted octanol–water partition coefficient (Wildman–Crippen LogP) is 2.56. The van der Waals surface area contributed by atoms with Gasteiger partial charge in [0.05, 0.1) is 18.1 Å². The smallest absolute Gasteiger partial charge is 0.305 e. The Balaban J connectivity index is 2.93. The largest absolute Gasteiger partial charge is 0.481 e. The number of nitriles is 1. The highest BCUT2D eigenvalue weighted by Gasteiger charge is 2.16. The van der Waals surface area contributed by atoms with Gasteiger partial charge >= 0.3 is 5.97 Å². The SMILES string of the molecule is CCCCC(=O)N(CCC(=O)O)c1cccc(C#N)c1. The van der Waals surface area contributed by atoms with Gasteiger partial charge in [-0.1, -0.05) is 19.4 Å². The summed E-state index contributed by atoms with van der Waals surface area (Å²) in [4.78, 5) is 24.3. The molecule has 106 valence electrons. The Morgan fingerprint density at radius 1 is 1.35 bits per heavy atom. The van der Waals surface area contributed by atoms with Crippen LogP contribution in [0.4, 0.5) is 5.69 Å². The molecule has 0 atom stereocenters. The molecular weight excluding hydrogens is 256 g/mol. The van der Waals surface area contributed by atoms with Gasteiger partial charge in [0, 0.05) is 18.7 Å². The number of aliphatic carboxylic acids is 1. The van der Waals surface area contributed by atoms with Gasteiger partial charge in [0.1, 0.15) is 0 Å². The van der Waals surface area contributed by atoms with E-state index in [9.17, 15) is 9.59 Å². The zero-order valence-electron chi connectivity index (χ0n) is 11.5. The number of carboxylic acid groups (broad SMARTS) is 1. The second-order valence-corrected chi connectivity index (χ2v) is 4.45. The molecule has 1 amide bonds. The van der Waals surface area contributed by atoms with Crippen LogP contribution in [0.5, 0.6) is 0 Å². The summed E-state index contributed by atoms with van der Waals surface area (Å²) in [5, 5.41) is 17.7. The highest BCUT2D eigenvalue weighted by Crippen LogP contribution is 2.18. The van der Waals surface area contributed by atoms with Gasteiger partial charge in [-0.2, -0.15) is 5.26 Å².